The predicted molar refractivity (Wildman–Crippen MR) is 109 cm³/mol. The Morgan fingerprint density at radius 3 is 2.68 bits per heavy atom. The van der Waals surface area contributed by atoms with Gasteiger partial charge in [0, 0.05) is 44.9 Å². The Kier molecular flexibility index (Phi) is 7.00. The highest BCUT2D eigenvalue weighted by atomic mass is 32.2. The molecular formula is C21H22FN3O5S. The quantitative estimate of drug-likeness (QED) is 0.364. The molecule has 1 aromatic carbocycles. The van der Waals surface area contributed by atoms with Gasteiger partial charge in [-0.1, -0.05) is 5.16 Å². The third kappa shape index (κ3) is 4.90. The molecule has 0 bridgehead atoms. The lowest BCUT2D eigenvalue weighted by Gasteiger charge is -2.36. The van der Waals surface area contributed by atoms with Gasteiger partial charge in [0.25, 0.3) is 0 Å². The van der Waals surface area contributed by atoms with E-state index in [0.29, 0.717) is 42.9 Å². The van der Waals surface area contributed by atoms with E-state index >= 15 is 0 Å². The van der Waals surface area contributed by atoms with Crippen LogP contribution in [0.4, 0.5) is 4.39 Å². The van der Waals surface area contributed by atoms with Gasteiger partial charge in [0.2, 0.25) is 16.4 Å². The summed E-state index contributed by atoms with van der Waals surface area (Å²) in [4.78, 5) is 8.61. The van der Waals surface area contributed by atoms with Crippen molar-refractivity contribution in [1.82, 2.24) is 4.98 Å². The van der Waals surface area contributed by atoms with Crippen molar-refractivity contribution in [3.8, 4) is 6.07 Å². The second-order valence-corrected chi connectivity index (χ2v) is 8.88. The van der Waals surface area contributed by atoms with Gasteiger partial charge in [0.15, 0.2) is 5.03 Å². The Labute approximate surface area is 180 Å². The van der Waals surface area contributed by atoms with Crippen LogP contribution in [0.5, 0.6) is 0 Å². The zero-order valence-corrected chi connectivity index (χ0v) is 18.0. The normalized spacial score (nSPS) is 16.5. The Morgan fingerprint density at radius 1 is 1.32 bits per heavy atom. The van der Waals surface area contributed by atoms with Gasteiger partial charge in [-0.2, -0.15) is 5.26 Å². The number of aromatic nitrogens is 1. The third-order valence-corrected chi connectivity index (χ3v) is 6.81. The van der Waals surface area contributed by atoms with Crippen LogP contribution in [-0.4, -0.2) is 46.0 Å². The maximum atomic E-state index is 14.4. The van der Waals surface area contributed by atoms with Crippen molar-refractivity contribution in [3.05, 3.63) is 53.5 Å². The molecular weight excluding hydrogens is 425 g/mol. The number of hydrogen-bond donors (Lipinski definition) is 0. The summed E-state index contributed by atoms with van der Waals surface area (Å²) in [5, 5.41) is 12.0. The number of oxime groups is 1. The molecule has 164 valence electrons. The first-order chi connectivity index (χ1) is 14.8. The van der Waals surface area contributed by atoms with Crippen molar-refractivity contribution in [2.45, 2.75) is 35.3 Å². The third-order valence-electron chi connectivity index (χ3n) is 5.16. The molecule has 10 heteroatoms. The fourth-order valence-corrected chi connectivity index (χ4v) is 4.61. The fourth-order valence-electron chi connectivity index (χ4n) is 3.38. The van der Waals surface area contributed by atoms with Crippen LogP contribution >= 0.6 is 0 Å². The van der Waals surface area contributed by atoms with Crippen LogP contribution in [0.2, 0.25) is 0 Å². The molecule has 0 saturated carbocycles. The van der Waals surface area contributed by atoms with Crippen LogP contribution < -0.4 is 0 Å². The topological polar surface area (TPSA) is 111 Å². The summed E-state index contributed by atoms with van der Waals surface area (Å²) in [7, 11) is -2.55. The van der Waals surface area contributed by atoms with Gasteiger partial charge < -0.3 is 14.3 Å². The highest BCUT2D eigenvalue weighted by Crippen LogP contribution is 2.37. The van der Waals surface area contributed by atoms with E-state index in [1.54, 1.807) is 13.0 Å². The Bertz CT molecular complexity index is 1100. The Hall–Kier alpha value is -2.87. The summed E-state index contributed by atoms with van der Waals surface area (Å²) in [5.41, 5.74) is 0.601. The molecule has 1 aliphatic heterocycles. The molecule has 0 aliphatic carbocycles. The zero-order chi connectivity index (χ0) is 22.5. The molecule has 8 nitrogen and oxygen atoms in total. The average Bonchev–Trinajstić information content (AvgIpc) is 2.79. The maximum Gasteiger partial charge on any atom is 0.223 e. The van der Waals surface area contributed by atoms with E-state index in [2.05, 4.69) is 10.1 Å². The molecule has 2 heterocycles. The molecule has 1 fully saturated rings. The number of pyridine rings is 1. The van der Waals surface area contributed by atoms with Crippen LogP contribution in [0, 0.1) is 17.1 Å². The smallest absolute Gasteiger partial charge is 0.223 e. The number of hydrogen-bond acceptors (Lipinski definition) is 8. The van der Waals surface area contributed by atoms with E-state index in [9.17, 15) is 12.8 Å². The molecule has 1 saturated heterocycles. The fraction of sp³-hybridized carbons (Fsp3) is 0.381. The molecule has 1 aromatic heterocycles. The number of halogens is 1. The number of rotatable bonds is 7. The molecule has 1 aliphatic rings. The van der Waals surface area contributed by atoms with Gasteiger partial charge in [0.05, 0.1) is 16.2 Å². The van der Waals surface area contributed by atoms with Gasteiger partial charge in [-0.25, -0.2) is 17.8 Å². The van der Waals surface area contributed by atoms with Crippen molar-refractivity contribution in [3.63, 3.8) is 0 Å². The maximum absolute atomic E-state index is 14.4. The second kappa shape index (κ2) is 9.51. The molecule has 0 atom stereocenters. The lowest BCUT2D eigenvalue weighted by Crippen LogP contribution is -2.35. The molecule has 2 aromatic rings. The molecule has 0 radical (unpaired) electrons. The van der Waals surface area contributed by atoms with Crippen molar-refractivity contribution in [1.29, 1.82) is 5.26 Å². The Morgan fingerprint density at radius 2 is 2.06 bits per heavy atom. The summed E-state index contributed by atoms with van der Waals surface area (Å²) in [5.74, 6) is -0.673. The van der Waals surface area contributed by atoms with Crippen molar-refractivity contribution >= 4 is 15.5 Å². The summed E-state index contributed by atoms with van der Waals surface area (Å²) in [6, 6.07) is 8.33. The first-order valence-electron chi connectivity index (χ1n) is 9.51. The lowest BCUT2D eigenvalue weighted by molar-refractivity contribution is -0.0950. The van der Waals surface area contributed by atoms with E-state index in [1.807, 2.05) is 0 Å². The van der Waals surface area contributed by atoms with Crippen LogP contribution in [-0.2, 0) is 29.7 Å². The first-order valence-corrected chi connectivity index (χ1v) is 11.0. The second-order valence-electron chi connectivity index (χ2n) is 6.98. The van der Waals surface area contributed by atoms with Crippen molar-refractivity contribution < 1.29 is 27.1 Å². The molecule has 3 rings (SSSR count). The van der Waals surface area contributed by atoms with Gasteiger partial charge in [-0.15, -0.1) is 0 Å². The van der Waals surface area contributed by atoms with Gasteiger partial charge >= 0.3 is 0 Å². The summed E-state index contributed by atoms with van der Waals surface area (Å²) >= 11 is 0. The monoisotopic (exact) mass is 447 g/mol. The van der Waals surface area contributed by atoms with E-state index in [0.717, 1.165) is 6.07 Å². The van der Waals surface area contributed by atoms with Crippen molar-refractivity contribution in [2.75, 3.05) is 26.9 Å². The Balaban J connectivity index is 1.94. The summed E-state index contributed by atoms with van der Waals surface area (Å²) < 4.78 is 51.7. The minimum atomic E-state index is -4.07. The van der Waals surface area contributed by atoms with E-state index in [-0.39, 0.29) is 16.5 Å². The van der Waals surface area contributed by atoms with Crippen molar-refractivity contribution in [2.24, 2.45) is 5.16 Å². The van der Waals surface area contributed by atoms with Gasteiger partial charge in [-0.3, -0.25) is 0 Å². The predicted octanol–water partition coefficient (Wildman–Crippen LogP) is 2.97. The van der Waals surface area contributed by atoms with Crippen LogP contribution in [0.3, 0.4) is 0 Å². The average molecular weight is 447 g/mol. The highest BCUT2D eigenvalue weighted by Gasteiger charge is 2.36. The molecule has 0 spiro atoms. The number of ether oxygens (including phenoxy) is 2. The number of nitriles is 1. The zero-order valence-electron chi connectivity index (χ0n) is 17.2. The summed E-state index contributed by atoms with van der Waals surface area (Å²) in [6.07, 6.45) is 2.31. The minimum Gasteiger partial charge on any atom is -0.381 e. The standard InChI is InChI=1S/C21H22FN3O5S/c1-15(25-30-10-7-23)16-3-4-20(24-14-16)31(26,27)19-12-17(11-18(22)13-19)21(28-2)5-8-29-9-6-21/h3-4,11-14H,5-6,8-10H2,1-2H3. The number of methoxy groups -OCH3 is 1. The largest absolute Gasteiger partial charge is 0.381 e. The van der Waals surface area contributed by atoms with Crippen LogP contribution in [0.25, 0.3) is 0 Å². The number of benzene rings is 1. The molecule has 0 unspecified atom stereocenters. The SMILES string of the molecule is COC1(c2cc(F)cc(S(=O)(=O)c3ccc(C(C)=NOCC#N)cn3)c2)CCOCC1. The first kappa shape index (κ1) is 22.8. The van der Waals surface area contributed by atoms with Gasteiger partial charge in [0.1, 0.15) is 11.9 Å². The molecule has 31 heavy (non-hydrogen) atoms. The molecule has 0 N–H and O–H groups in total. The number of nitrogens with zero attached hydrogens (tertiary/aromatic N) is 3. The number of sulfone groups is 1. The van der Waals surface area contributed by atoms with E-state index in [4.69, 9.17) is 19.6 Å². The van der Waals surface area contributed by atoms with E-state index < -0.39 is 21.3 Å². The summed E-state index contributed by atoms with van der Waals surface area (Å²) in [6.45, 7) is 2.32. The minimum absolute atomic E-state index is 0.200. The highest BCUT2D eigenvalue weighted by molar-refractivity contribution is 7.91. The van der Waals surface area contributed by atoms with Crippen LogP contribution in [0.15, 0.2) is 51.6 Å². The van der Waals surface area contributed by atoms with Gasteiger partial charge in [-0.05, 0) is 42.8 Å². The van der Waals surface area contributed by atoms with E-state index in [1.165, 1.54) is 37.6 Å². The van der Waals surface area contributed by atoms with Crippen LogP contribution in [0.1, 0.15) is 30.9 Å². The lowest BCUT2D eigenvalue weighted by atomic mass is 9.86. The molecule has 0 amide bonds.